The van der Waals surface area contributed by atoms with E-state index in [0.29, 0.717) is 34.3 Å². The molecule has 29 heavy (non-hydrogen) atoms. The summed E-state index contributed by atoms with van der Waals surface area (Å²) in [6.07, 6.45) is 2.16. The molecule has 0 unspecified atom stereocenters. The van der Waals surface area contributed by atoms with Crippen LogP contribution in [-0.4, -0.2) is 33.1 Å². The Bertz CT molecular complexity index is 1060. The number of para-hydroxylation sites is 1. The molecule has 0 atom stereocenters. The van der Waals surface area contributed by atoms with Gasteiger partial charge in [0.05, 0.1) is 16.3 Å². The number of carbonyl (C=O) groups is 2. The van der Waals surface area contributed by atoms with E-state index >= 15 is 0 Å². The van der Waals surface area contributed by atoms with Gasteiger partial charge in [0.25, 0.3) is 5.91 Å². The number of pyridine rings is 1. The number of rotatable bonds is 6. The molecule has 0 radical (unpaired) electrons. The van der Waals surface area contributed by atoms with Crippen LogP contribution < -0.4 is 10.2 Å². The summed E-state index contributed by atoms with van der Waals surface area (Å²) in [5.74, 6) is 0.321. The Morgan fingerprint density at radius 1 is 1.24 bits per heavy atom. The van der Waals surface area contributed by atoms with Crippen LogP contribution in [0.5, 0.6) is 0 Å². The lowest BCUT2D eigenvalue weighted by Crippen LogP contribution is -2.32. The molecule has 1 N–H and O–H groups in total. The van der Waals surface area contributed by atoms with E-state index in [2.05, 4.69) is 15.4 Å². The third-order valence-electron chi connectivity index (χ3n) is 4.10. The van der Waals surface area contributed by atoms with Crippen molar-refractivity contribution in [2.24, 2.45) is 0 Å². The monoisotopic (exact) mass is 431 g/mol. The van der Waals surface area contributed by atoms with Crippen molar-refractivity contribution in [3.63, 3.8) is 0 Å². The lowest BCUT2D eigenvalue weighted by molar-refractivity contribution is -0.106. The Kier molecular flexibility index (Phi) is 6.20. The molecule has 3 aromatic rings. The highest BCUT2D eigenvalue weighted by Gasteiger charge is 2.25. The van der Waals surface area contributed by atoms with E-state index in [0.717, 1.165) is 5.56 Å². The van der Waals surface area contributed by atoms with Crippen LogP contribution in [0.3, 0.4) is 0 Å². The van der Waals surface area contributed by atoms with Crippen LogP contribution in [0.15, 0.2) is 42.6 Å². The zero-order valence-corrected chi connectivity index (χ0v) is 17.6. The average Bonchev–Trinajstić information content (AvgIpc) is 3.04. The topological polar surface area (TPSA) is 80.1 Å². The minimum atomic E-state index is -0.293. The van der Waals surface area contributed by atoms with Crippen molar-refractivity contribution in [3.8, 4) is 5.82 Å². The summed E-state index contributed by atoms with van der Waals surface area (Å²) in [7, 11) is 0. The molecule has 1 aromatic carbocycles. The summed E-state index contributed by atoms with van der Waals surface area (Å²) in [5, 5.41) is 7.56. The second-order valence-corrected chi connectivity index (χ2v) is 7.41. The minimum absolute atomic E-state index is 0.0622. The predicted molar refractivity (Wildman–Crippen MR) is 113 cm³/mol. The molecule has 9 heteroatoms. The van der Waals surface area contributed by atoms with Crippen molar-refractivity contribution in [2.75, 3.05) is 4.90 Å². The fourth-order valence-corrected chi connectivity index (χ4v) is 3.30. The molecular formula is C20H19Cl2N5O2. The van der Waals surface area contributed by atoms with Crippen LogP contribution in [0.25, 0.3) is 5.82 Å². The van der Waals surface area contributed by atoms with Crippen molar-refractivity contribution >= 4 is 47.0 Å². The largest absolute Gasteiger partial charge is 0.350 e. The molecule has 2 heterocycles. The summed E-state index contributed by atoms with van der Waals surface area (Å²) >= 11 is 12.4. The molecule has 0 bridgehead atoms. The van der Waals surface area contributed by atoms with E-state index < -0.39 is 0 Å². The minimum Gasteiger partial charge on any atom is -0.350 e. The number of benzene rings is 1. The highest BCUT2D eigenvalue weighted by Crippen LogP contribution is 2.34. The van der Waals surface area contributed by atoms with Gasteiger partial charge >= 0.3 is 0 Å². The van der Waals surface area contributed by atoms with Gasteiger partial charge in [0, 0.05) is 18.3 Å². The number of aryl methyl sites for hydroxylation is 1. The first-order valence-electron chi connectivity index (χ1n) is 8.85. The summed E-state index contributed by atoms with van der Waals surface area (Å²) in [6, 6.07) is 10.0. The molecule has 150 valence electrons. The van der Waals surface area contributed by atoms with Crippen molar-refractivity contribution in [2.45, 2.75) is 26.8 Å². The van der Waals surface area contributed by atoms with Gasteiger partial charge in [-0.15, -0.1) is 0 Å². The van der Waals surface area contributed by atoms with Gasteiger partial charge in [0.1, 0.15) is 5.82 Å². The van der Waals surface area contributed by atoms with Crippen LogP contribution in [0.1, 0.15) is 29.8 Å². The average molecular weight is 432 g/mol. The second kappa shape index (κ2) is 8.63. The Hall–Kier alpha value is -2.90. The van der Waals surface area contributed by atoms with Crippen molar-refractivity contribution in [3.05, 3.63) is 63.9 Å². The fourth-order valence-electron chi connectivity index (χ4n) is 2.93. The van der Waals surface area contributed by atoms with Crippen molar-refractivity contribution in [1.29, 1.82) is 0 Å². The quantitative estimate of drug-likeness (QED) is 0.589. The third-order valence-corrected chi connectivity index (χ3v) is 4.58. The molecule has 0 saturated carbocycles. The molecule has 0 aliphatic carbocycles. The van der Waals surface area contributed by atoms with E-state index in [9.17, 15) is 9.59 Å². The van der Waals surface area contributed by atoms with Crippen LogP contribution in [0, 0.1) is 6.92 Å². The standard InChI is InChI=1S/C20H19Cl2N5O2/c1-12(2)24-20(29)14-7-4-6-13(3)18(14)26(11-28)17-10-16(22)25-27(17)19-15(21)8-5-9-23-19/h4-12H,1-3H3,(H,24,29). The van der Waals surface area contributed by atoms with Gasteiger partial charge in [0.15, 0.2) is 11.0 Å². The van der Waals surface area contributed by atoms with Gasteiger partial charge in [-0.1, -0.05) is 35.3 Å². The zero-order valence-electron chi connectivity index (χ0n) is 16.1. The van der Waals surface area contributed by atoms with E-state index in [1.165, 1.54) is 15.6 Å². The van der Waals surface area contributed by atoms with Crippen LogP contribution in [-0.2, 0) is 4.79 Å². The zero-order chi connectivity index (χ0) is 21.1. The summed E-state index contributed by atoms with van der Waals surface area (Å²) in [4.78, 5) is 30.5. The van der Waals surface area contributed by atoms with Crippen molar-refractivity contribution < 1.29 is 9.59 Å². The Morgan fingerprint density at radius 3 is 2.66 bits per heavy atom. The van der Waals surface area contributed by atoms with Gasteiger partial charge < -0.3 is 5.32 Å². The Morgan fingerprint density at radius 2 is 2.00 bits per heavy atom. The van der Waals surface area contributed by atoms with Crippen molar-refractivity contribution in [1.82, 2.24) is 20.1 Å². The number of aromatic nitrogens is 3. The smallest absolute Gasteiger partial charge is 0.253 e. The number of nitrogens with zero attached hydrogens (tertiary/aromatic N) is 4. The number of nitrogens with one attached hydrogen (secondary N) is 1. The fraction of sp³-hybridized carbons (Fsp3) is 0.200. The van der Waals surface area contributed by atoms with Crippen LogP contribution >= 0.6 is 23.2 Å². The molecule has 2 aromatic heterocycles. The Balaban J connectivity index is 2.20. The molecule has 3 rings (SSSR count). The SMILES string of the molecule is Cc1cccc(C(=O)NC(C)C)c1N(C=O)c1cc(Cl)nn1-c1ncccc1Cl. The van der Waals surface area contributed by atoms with Gasteiger partial charge in [0.2, 0.25) is 6.41 Å². The second-order valence-electron chi connectivity index (χ2n) is 6.62. The summed E-state index contributed by atoms with van der Waals surface area (Å²) in [6.45, 7) is 5.54. The van der Waals surface area contributed by atoms with E-state index in [1.54, 1.807) is 30.5 Å². The maximum Gasteiger partial charge on any atom is 0.253 e. The number of carbonyl (C=O) groups excluding carboxylic acids is 2. The molecule has 0 fully saturated rings. The molecule has 0 saturated heterocycles. The Labute approximate surface area is 178 Å². The number of amides is 2. The maximum atomic E-state index is 12.8. The first-order valence-corrected chi connectivity index (χ1v) is 9.60. The molecular weight excluding hydrogens is 413 g/mol. The molecule has 0 aliphatic rings. The normalized spacial score (nSPS) is 10.8. The number of anilines is 2. The lowest BCUT2D eigenvalue weighted by atomic mass is 10.1. The molecule has 0 spiro atoms. The number of hydrogen-bond donors (Lipinski definition) is 1. The highest BCUT2D eigenvalue weighted by molar-refractivity contribution is 6.32. The molecule has 0 aliphatic heterocycles. The summed E-state index contributed by atoms with van der Waals surface area (Å²) < 4.78 is 1.37. The van der Waals surface area contributed by atoms with E-state index in [1.807, 2.05) is 26.8 Å². The van der Waals surface area contributed by atoms with Gasteiger partial charge in [-0.05, 0) is 44.5 Å². The lowest BCUT2D eigenvalue weighted by Gasteiger charge is -2.23. The maximum absolute atomic E-state index is 12.8. The summed E-state index contributed by atoms with van der Waals surface area (Å²) in [5.41, 5.74) is 1.50. The number of halogens is 2. The highest BCUT2D eigenvalue weighted by atomic mass is 35.5. The van der Waals surface area contributed by atoms with Crippen LogP contribution in [0.2, 0.25) is 10.2 Å². The third kappa shape index (κ3) is 4.26. The first kappa shape index (κ1) is 20.8. The first-order chi connectivity index (χ1) is 13.8. The molecule has 7 nitrogen and oxygen atoms in total. The number of hydrogen-bond acceptors (Lipinski definition) is 4. The van der Waals surface area contributed by atoms with Gasteiger partial charge in [-0.3, -0.25) is 14.5 Å². The van der Waals surface area contributed by atoms with Gasteiger partial charge in [-0.2, -0.15) is 9.78 Å². The van der Waals surface area contributed by atoms with Gasteiger partial charge in [-0.25, -0.2) is 4.98 Å². The predicted octanol–water partition coefficient (Wildman–Crippen LogP) is 4.32. The van der Waals surface area contributed by atoms with E-state index in [4.69, 9.17) is 23.2 Å². The molecule has 2 amide bonds. The van der Waals surface area contributed by atoms with E-state index in [-0.39, 0.29) is 17.1 Å². The van der Waals surface area contributed by atoms with Crippen LogP contribution in [0.4, 0.5) is 11.5 Å².